The molecule has 3 heterocycles. The summed E-state index contributed by atoms with van der Waals surface area (Å²) >= 11 is 2.53. The van der Waals surface area contributed by atoms with Crippen molar-refractivity contribution >= 4 is 33.7 Å². The fraction of sp³-hybridized carbons (Fsp3) is 0.0556. The molecule has 0 saturated heterocycles. The van der Waals surface area contributed by atoms with Crippen LogP contribution < -0.4 is 5.32 Å². The van der Waals surface area contributed by atoms with Crippen molar-refractivity contribution < 1.29 is 13.6 Å². The van der Waals surface area contributed by atoms with Crippen LogP contribution in [0.3, 0.4) is 0 Å². The van der Waals surface area contributed by atoms with Crippen molar-refractivity contribution in [2.24, 2.45) is 0 Å². The molecule has 0 fully saturated rings. The third kappa shape index (κ3) is 4.07. The van der Waals surface area contributed by atoms with Gasteiger partial charge in [0, 0.05) is 35.3 Å². The van der Waals surface area contributed by atoms with Gasteiger partial charge in [-0.1, -0.05) is 6.07 Å². The van der Waals surface area contributed by atoms with Crippen LogP contribution in [0.5, 0.6) is 0 Å². The minimum atomic E-state index is -0.891. The van der Waals surface area contributed by atoms with Gasteiger partial charge in [0.2, 0.25) is 0 Å². The molecule has 6 nitrogen and oxygen atoms in total. The molecule has 0 bridgehead atoms. The summed E-state index contributed by atoms with van der Waals surface area (Å²) in [7, 11) is 0. The number of anilines is 1. The van der Waals surface area contributed by atoms with Crippen LogP contribution in [-0.4, -0.2) is 25.8 Å². The van der Waals surface area contributed by atoms with Gasteiger partial charge >= 0.3 is 0 Å². The number of rotatable bonds is 5. The molecule has 0 atom stereocenters. The lowest BCUT2D eigenvalue weighted by molar-refractivity contribution is 0.102. The Morgan fingerprint density at radius 2 is 1.93 bits per heavy atom. The fourth-order valence-corrected chi connectivity index (χ4v) is 3.94. The van der Waals surface area contributed by atoms with Crippen LogP contribution in [0.1, 0.15) is 20.9 Å². The molecule has 1 aromatic carbocycles. The molecule has 1 amide bonds. The normalized spacial score (nSPS) is 10.8. The molecule has 0 saturated carbocycles. The number of hydrogen-bond acceptors (Lipinski definition) is 7. The van der Waals surface area contributed by atoms with Crippen molar-refractivity contribution in [3.63, 3.8) is 0 Å². The number of amides is 1. The van der Waals surface area contributed by atoms with Gasteiger partial charge in [-0.2, -0.15) is 0 Å². The smallest absolute Gasteiger partial charge is 0.276 e. The summed E-state index contributed by atoms with van der Waals surface area (Å²) in [5, 5.41) is 5.25. The zero-order chi connectivity index (χ0) is 19.5. The van der Waals surface area contributed by atoms with Crippen LogP contribution in [0.25, 0.3) is 10.8 Å². The highest BCUT2D eigenvalue weighted by atomic mass is 32.1. The minimum Gasteiger partial charge on any atom is -0.296 e. The molecule has 140 valence electrons. The van der Waals surface area contributed by atoms with Crippen LogP contribution in [0.4, 0.5) is 13.9 Å². The van der Waals surface area contributed by atoms with E-state index >= 15 is 0 Å². The Balaban J connectivity index is 1.43. The summed E-state index contributed by atoms with van der Waals surface area (Å²) < 4.78 is 26.3. The summed E-state index contributed by atoms with van der Waals surface area (Å²) in [6, 6.07) is 5.45. The number of thiazole rings is 2. The van der Waals surface area contributed by atoms with E-state index in [2.05, 4.69) is 25.3 Å². The van der Waals surface area contributed by atoms with Gasteiger partial charge in [-0.3, -0.25) is 10.1 Å². The van der Waals surface area contributed by atoms with E-state index in [9.17, 15) is 13.6 Å². The zero-order valence-corrected chi connectivity index (χ0v) is 15.7. The Morgan fingerprint density at radius 3 is 2.71 bits per heavy atom. The summed E-state index contributed by atoms with van der Waals surface area (Å²) in [6.45, 7) is 0. The molecule has 0 radical (unpaired) electrons. The van der Waals surface area contributed by atoms with Gasteiger partial charge in [0.05, 0.1) is 0 Å². The highest BCUT2D eigenvalue weighted by Crippen LogP contribution is 2.24. The van der Waals surface area contributed by atoms with Crippen LogP contribution >= 0.6 is 22.7 Å². The fourth-order valence-electron chi connectivity index (χ4n) is 2.35. The Labute approximate surface area is 166 Å². The maximum Gasteiger partial charge on any atom is 0.276 e. The highest BCUT2D eigenvalue weighted by Gasteiger charge is 2.15. The van der Waals surface area contributed by atoms with Crippen molar-refractivity contribution in [2.45, 2.75) is 6.42 Å². The van der Waals surface area contributed by atoms with Crippen LogP contribution in [0, 0.1) is 11.6 Å². The first-order valence-electron chi connectivity index (χ1n) is 8.01. The standard InChI is InChI=1S/C18H11F2N5OS2/c19-12-3-2-10(7-13(12)20)6-11-8-23-18(28-11)25-16(26)14-9-27-17(24-14)15-21-4-1-5-22-15/h1-5,7-9H,6H2,(H,23,25,26). The number of benzene rings is 1. The van der Waals surface area contributed by atoms with Crippen molar-refractivity contribution in [3.8, 4) is 10.8 Å². The first-order chi connectivity index (χ1) is 13.6. The second kappa shape index (κ2) is 7.87. The summed E-state index contributed by atoms with van der Waals surface area (Å²) in [5.74, 6) is -1.72. The number of nitrogens with zero attached hydrogens (tertiary/aromatic N) is 4. The van der Waals surface area contributed by atoms with E-state index in [0.717, 1.165) is 17.0 Å². The van der Waals surface area contributed by atoms with Crippen LogP contribution in [0.15, 0.2) is 48.2 Å². The molecule has 0 spiro atoms. The Hall–Kier alpha value is -3.11. The van der Waals surface area contributed by atoms with Crippen molar-refractivity contribution in [3.05, 3.63) is 76.0 Å². The molecule has 3 aromatic heterocycles. The maximum absolute atomic E-state index is 13.3. The van der Waals surface area contributed by atoms with Gasteiger partial charge in [-0.05, 0) is 23.8 Å². The third-order valence-electron chi connectivity index (χ3n) is 3.63. The number of carbonyl (C=O) groups is 1. The second-order valence-corrected chi connectivity index (χ2v) is 7.59. The molecule has 0 aliphatic carbocycles. The Bertz CT molecular complexity index is 1130. The topological polar surface area (TPSA) is 80.7 Å². The van der Waals surface area contributed by atoms with Gasteiger partial charge in [0.1, 0.15) is 5.69 Å². The van der Waals surface area contributed by atoms with E-state index in [4.69, 9.17) is 0 Å². The maximum atomic E-state index is 13.3. The van der Waals surface area contributed by atoms with E-state index in [1.807, 2.05) is 0 Å². The molecule has 0 aliphatic heterocycles. The lowest BCUT2D eigenvalue weighted by Crippen LogP contribution is -2.12. The molecular formula is C18H11F2N5OS2. The van der Waals surface area contributed by atoms with E-state index < -0.39 is 17.5 Å². The molecule has 4 rings (SSSR count). The molecule has 4 aromatic rings. The lowest BCUT2D eigenvalue weighted by Gasteiger charge is -2.00. The van der Waals surface area contributed by atoms with Gasteiger partial charge in [-0.25, -0.2) is 28.7 Å². The number of nitrogens with one attached hydrogen (secondary N) is 1. The van der Waals surface area contributed by atoms with Gasteiger partial charge in [0.25, 0.3) is 5.91 Å². The molecule has 0 unspecified atom stereocenters. The molecule has 1 N–H and O–H groups in total. The largest absolute Gasteiger partial charge is 0.296 e. The first kappa shape index (κ1) is 18.3. The SMILES string of the molecule is O=C(Nc1ncc(Cc2ccc(F)c(F)c2)s1)c1csc(-c2ncccn2)n1. The predicted molar refractivity (Wildman–Crippen MR) is 102 cm³/mol. The zero-order valence-electron chi connectivity index (χ0n) is 14.1. The van der Waals surface area contributed by atoms with Gasteiger partial charge < -0.3 is 0 Å². The van der Waals surface area contributed by atoms with Gasteiger partial charge in [0.15, 0.2) is 27.6 Å². The number of carbonyl (C=O) groups excluding carboxylic acids is 1. The third-order valence-corrected chi connectivity index (χ3v) is 5.38. The number of halogens is 2. The minimum absolute atomic E-state index is 0.241. The highest BCUT2D eigenvalue weighted by molar-refractivity contribution is 7.15. The molecular weight excluding hydrogens is 404 g/mol. The number of hydrogen-bond donors (Lipinski definition) is 1. The van der Waals surface area contributed by atoms with E-state index in [1.54, 1.807) is 30.0 Å². The van der Waals surface area contributed by atoms with E-state index in [-0.39, 0.29) is 5.69 Å². The molecule has 10 heteroatoms. The average molecular weight is 415 g/mol. The summed E-state index contributed by atoms with van der Waals surface area (Å²) in [6.07, 6.45) is 5.18. The van der Waals surface area contributed by atoms with E-state index in [1.165, 1.54) is 28.7 Å². The quantitative estimate of drug-likeness (QED) is 0.529. The first-order valence-corrected chi connectivity index (χ1v) is 9.71. The lowest BCUT2D eigenvalue weighted by atomic mass is 10.1. The Morgan fingerprint density at radius 1 is 1.11 bits per heavy atom. The Kier molecular flexibility index (Phi) is 5.13. The predicted octanol–water partition coefficient (Wildman–Crippen LogP) is 4.18. The number of aromatic nitrogens is 4. The second-order valence-electron chi connectivity index (χ2n) is 5.62. The van der Waals surface area contributed by atoms with Crippen LogP contribution in [-0.2, 0) is 6.42 Å². The van der Waals surface area contributed by atoms with Crippen molar-refractivity contribution in [2.75, 3.05) is 5.32 Å². The van der Waals surface area contributed by atoms with Crippen molar-refractivity contribution in [1.82, 2.24) is 19.9 Å². The van der Waals surface area contributed by atoms with Gasteiger partial charge in [-0.15, -0.1) is 22.7 Å². The van der Waals surface area contributed by atoms with E-state index in [0.29, 0.717) is 27.9 Å². The summed E-state index contributed by atoms with van der Waals surface area (Å²) in [4.78, 5) is 29.8. The average Bonchev–Trinajstić information content (AvgIpc) is 3.35. The van der Waals surface area contributed by atoms with Crippen LogP contribution in [0.2, 0.25) is 0 Å². The molecule has 0 aliphatic rings. The summed E-state index contributed by atoms with van der Waals surface area (Å²) in [5.41, 5.74) is 0.859. The monoisotopic (exact) mass is 415 g/mol. The van der Waals surface area contributed by atoms with Crippen molar-refractivity contribution in [1.29, 1.82) is 0 Å². The molecule has 28 heavy (non-hydrogen) atoms.